The second-order valence-corrected chi connectivity index (χ2v) is 9.12. The Balaban J connectivity index is 1.90. The molecule has 3 rings (SSSR count). The molecule has 1 fully saturated rings. The number of carbonyl (C=O) groups excluding carboxylic acids is 1. The zero-order valence-corrected chi connectivity index (χ0v) is 17.1. The lowest BCUT2D eigenvalue weighted by molar-refractivity contribution is -0.123. The van der Waals surface area contributed by atoms with Crippen molar-refractivity contribution in [2.75, 3.05) is 25.5 Å². The van der Waals surface area contributed by atoms with Crippen LogP contribution in [0.15, 0.2) is 35.7 Å². The topological polar surface area (TPSA) is 106 Å². The molecule has 0 saturated carbocycles. The Kier molecular flexibility index (Phi) is 5.71. The number of methoxy groups -OCH3 is 1. The second-order valence-electron chi connectivity index (χ2n) is 7.18. The third-order valence-electron chi connectivity index (χ3n) is 4.92. The number of rotatable bonds is 6. The molecule has 0 radical (unpaired) electrons. The molecular weight excluding hydrogens is 382 g/mol. The van der Waals surface area contributed by atoms with Gasteiger partial charge in [-0.3, -0.25) is 4.79 Å². The monoisotopic (exact) mass is 407 g/mol. The van der Waals surface area contributed by atoms with E-state index >= 15 is 0 Å². The van der Waals surface area contributed by atoms with Crippen molar-refractivity contribution in [3.63, 3.8) is 0 Å². The molecule has 1 amide bonds. The predicted molar refractivity (Wildman–Crippen MR) is 104 cm³/mol. The Hall–Kier alpha value is -2.46. The number of hydrogen-bond acceptors (Lipinski definition) is 6. The summed E-state index contributed by atoms with van der Waals surface area (Å²) in [5, 5.41) is 6.79. The minimum Gasteiger partial charge on any atom is -0.495 e. The first-order chi connectivity index (χ1) is 13.3. The molecule has 0 unspecified atom stereocenters. The van der Waals surface area contributed by atoms with Crippen LogP contribution in [0.2, 0.25) is 0 Å². The number of benzene rings is 1. The molecule has 1 N–H and O–H groups in total. The molecule has 1 aliphatic rings. The highest BCUT2D eigenvalue weighted by Crippen LogP contribution is 2.31. The second kappa shape index (κ2) is 7.88. The molecule has 28 heavy (non-hydrogen) atoms. The third kappa shape index (κ3) is 3.88. The molecule has 0 aliphatic carbocycles. The summed E-state index contributed by atoms with van der Waals surface area (Å²) in [5.74, 6) is 0.00385. The number of hydrogen-bond donors (Lipinski definition) is 1. The van der Waals surface area contributed by atoms with Gasteiger partial charge in [0.2, 0.25) is 10.0 Å². The first-order valence-corrected chi connectivity index (χ1v) is 10.6. The standard InChI is InChI=1S/C18H25N5O4S/c1-18(2,23-13-19-12-20-23)17(24)21-15-11-14(7-8-16(15)27-3)28(25,26)22-9-5-4-6-10-22/h7-8,11-13H,4-6,9-10H2,1-3H3,(H,21,24). The molecule has 0 atom stereocenters. The summed E-state index contributed by atoms with van der Waals surface area (Å²) < 4.78 is 34.1. The average Bonchev–Trinajstić information content (AvgIpc) is 3.24. The van der Waals surface area contributed by atoms with Crippen LogP contribution in [0.4, 0.5) is 5.69 Å². The first kappa shape index (κ1) is 20.3. The Morgan fingerprint density at radius 3 is 2.54 bits per heavy atom. The zero-order valence-electron chi connectivity index (χ0n) is 16.3. The average molecular weight is 407 g/mol. The van der Waals surface area contributed by atoms with Crippen molar-refractivity contribution < 1.29 is 17.9 Å². The van der Waals surface area contributed by atoms with Gasteiger partial charge in [0.1, 0.15) is 23.9 Å². The van der Waals surface area contributed by atoms with Gasteiger partial charge < -0.3 is 10.1 Å². The summed E-state index contributed by atoms with van der Waals surface area (Å²) >= 11 is 0. The minimum atomic E-state index is -3.63. The molecule has 1 aromatic carbocycles. The van der Waals surface area contributed by atoms with Crippen LogP contribution < -0.4 is 10.1 Å². The van der Waals surface area contributed by atoms with E-state index in [4.69, 9.17) is 4.74 Å². The quantitative estimate of drug-likeness (QED) is 0.783. The summed E-state index contributed by atoms with van der Waals surface area (Å²) in [6.07, 6.45) is 5.54. The molecule has 0 spiro atoms. The summed E-state index contributed by atoms with van der Waals surface area (Å²) in [6.45, 7) is 4.40. The largest absolute Gasteiger partial charge is 0.495 e. The van der Waals surface area contributed by atoms with E-state index in [1.807, 2.05) is 0 Å². The first-order valence-electron chi connectivity index (χ1n) is 9.11. The van der Waals surface area contributed by atoms with Gasteiger partial charge in [-0.25, -0.2) is 18.1 Å². The van der Waals surface area contributed by atoms with Crippen LogP contribution in [-0.4, -0.2) is 53.6 Å². The Labute approximate surface area is 164 Å². The molecule has 2 aromatic rings. The van der Waals surface area contributed by atoms with E-state index in [0.29, 0.717) is 24.5 Å². The fourth-order valence-electron chi connectivity index (χ4n) is 3.08. The molecule has 1 aliphatic heterocycles. The lowest BCUT2D eigenvalue weighted by Crippen LogP contribution is -2.40. The van der Waals surface area contributed by atoms with E-state index in [0.717, 1.165) is 19.3 Å². The zero-order chi connectivity index (χ0) is 20.4. The maximum absolute atomic E-state index is 13.0. The Morgan fingerprint density at radius 2 is 1.93 bits per heavy atom. The number of ether oxygens (including phenoxy) is 1. The van der Waals surface area contributed by atoms with Crippen LogP contribution in [-0.2, 0) is 20.4 Å². The smallest absolute Gasteiger partial charge is 0.251 e. The SMILES string of the molecule is COc1ccc(S(=O)(=O)N2CCCCC2)cc1NC(=O)C(C)(C)n1cncn1. The van der Waals surface area contributed by atoms with Crippen molar-refractivity contribution in [3.8, 4) is 5.75 Å². The number of sulfonamides is 1. The predicted octanol–water partition coefficient (Wildman–Crippen LogP) is 1.84. The van der Waals surface area contributed by atoms with Crippen molar-refractivity contribution in [1.82, 2.24) is 19.1 Å². The fraction of sp³-hybridized carbons (Fsp3) is 0.500. The van der Waals surface area contributed by atoms with E-state index in [1.165, 1.54) is 40.9 Å². The van der Waals surface area contributed by atoms with Crippen molar-refractivity contribution in [2.45, 2.75) is 43.5 Å². The van der Waals surface area contributed by atoms with Crippen LogP contribution in [0.1, 0.15) is 33.1 Å². The van der Waals surface area contributed by atoms with Crippen molar-refractivity contribution in [2.24, 2.45) is 0 Å². The lowest BCUT2D eigenvalue weighted by atomic mass is 10.0. The molecule has 1 saturated heterocycles. The normalized spacial score (nSPS) is 16.0. The van der Waals surface area contributed by atoms with E-state index in [9.17, 15) is 13.2 Å². The van der Waals surface area contributed by atoms with Crippen LogP contribution in [0.3, 0.4) is 0 Å². The highest BCUT2D eigenvalue weighted by molar-refractivity contribution is 7.89. The number of nitrogens with zero attached hydrogens (tertiary/aromatic N) is 4. The number of amides is 1. The lowest BCUT2D eigenvalue weighted by Gasteiger charge is -2.27. The van der Waals surface area contributed by atoms with Gasteiger partial charge in [0.25, 0.3) is 5.91 Å². The molecule has 1 aromatic heterocycles. The van der Waals surface area contributed by atoms with Gasteiger partial charge in [-0.05, 0) is 44.9 Å². The van der Waals surface area contributed by atoms with Gasteiger partial charge in [0.05, 0.1) is 17.7 Å². The molecule has 2 heterocycles. The maximum Gasteiger partial charge on any atom is 0.251 e. The molecule has 9 nitrogen and oxygen atoms in total. The molecule has 10 heteroatoms. The van der Waals surface area contributed by atoms with Crippen molar-refractivity contribution in [3.05, 3.63) is 30.9 Å². The highest BCUT2D eigenvalue weighted by Gasteiger charge is 2.32. The summed E-state index contributed by atoms with van der Waals surface area (Å²) in [6, 6.07) is 4.49. The number of carbonyl (C=O) groups is 1. The van der Waals surface area contributed by atoms with Crippen molar-refractivity contribution >= 4 is 21.6 Å². The third-order valence-corrected chi connectivity index (χ3v) is 6.81. The molecule has 152 valence electrons. The fourth-order valence-corrected chi connectivity index (χ4v) is 4.62. The van der Waals surface area contributed by atoms with Gasteiger partial charge in [-0.2, -0.15) is 9.40 Å². The summed E-state index contributed by atoms with van der Waals surface area (Å²) in [4.78, 5) is 16.8. The Bertz CT molecular complexity index is 935. The summed E-state index contributed by atoms with van der Waals surface area (Å²) in [7, 11) is -2.16. The van der Waals surface area contributed by atoms with E-state index in [-0.39, 0.29) is 10.8 Å². The maximum atomic E-state index is 13.0. The van der Waals surface area contributed by atoms with E-state index in [2.05, 4.69) is 15.4 Å². The number of nitrogens with one attached hydrogen (secondary N) is 1. The Morgan fingerprint density at radius 1 is 1.21 bits per heavy atom. The van der Waals surface area contributed by atoms with Gasteiger partial charge in [0, 0.05) is 13.1 Å². The van der Waals surface area contributed by atoms with Crippen LogP contribution in [0.5, 0.6) is 5.75 Å². The van der Waals surface area contributed by atoms with E-state index in [1.54, 1.807) is 19.9 Å². The van der Waals surface area contributed by atoms with Gasteiger partial charge in [-0.1, -0.05) is 6.42 Å². The van der Waals surface area contributed by atoms with Gasteiger partial charge >= 0.3 is 0 Å². The van der Waals surface area contributed by atoms with Gasteiger partial charge in [0.15, 0.2) is 0 Å². The van der Waals surface area contributed by atoms with Crippen LogP contribution in [0.25, 0.3) is 0 Å². The van der Waals surface area contributed by atoms with E-state index < -0.39 is 15.6 Å². The number of piperidine rings is 1. The van der Waals surface area contributed by atoms with Crippen LogP contribution in [0, 0.1) is 0 Å². The van der Waals surface area contributed by atoms with Crippen LogP contribution >= 0.6 is 0 Å². The van der Waals surface area contributed by atoms with Gasteiger partial charge in [-0.15, -0.1) is 0 Å². The molecule has 0 bridgehead atoms. The minimum absolute atomic E-state index is 0.129. The number of aromatic nitrogens is 3. The van der Waals surface area contributed by atoms with Crippen molar-refractivity contribution in [1.29, 1.82) is 0 Å². The molecular formula is C18H25N5O4S. The highest BCUT2D eigenvalue weighted by atomic mass is 32.2. The summed E-state index contributed by atoms with van der Waals surface area (Å²) in [5.41, 5.74) is -0.734. The number of anilines is 1.